The van der Waals surface area contributed by atoms with Gasteiger partial charge >= 0.3 is 5.97 Å². The van der Waals surface area contributed by atoms with Crippen molar-refractivity contribution in [2.24, 2.45) is 0 Å². The molecule has 0 aliphatic carbocycles. The molecule has 0 radical (unpaired) electrons. The molecule has 3 rings (SSSR count). The van der Waals surface area contributed by atoms with Crippen LogP contribution < -0.4 is 10.6 Å². The molecule has 0 spiro atoms. The predicted molar refractivity (Wildman–Crippen MR) is 112 cm³/mol. The lowest BCUT2D eigenvalue weighted by Gasteiger charge is -2.18. The molecule has 0 saturated carbocycles. The average molecular weight is 408 g/mol. The molecule has 2 aromatic carbocycles. The second-order valence-corrected chi connectivity index (χ2v) is 7.24. The highest BCUT2D eigenvalue weighted by atomic mass is 32.1. The number of nitrogens with one attached hydrogen (secondary N) is 2. The van der Waals surface area contributed by atoms with Crippen molar-refractivity contribution < 1.29 is 19.1 Å². The number of rotatable bonds is 7. The Morgan fingerprint density at radius 3 is 2.34 bits per heavy atom. The van der Waals surface area contributed by atoms with Crippen molar-refractivity contribution >= 4 is 34.8 Å². The van der Waals surface area contributed by atoms with E-state index in [4.69, 9.17) is 4.74 Å². The maximum Gasteiger partial charge on any atom is 0.326 e. The van der Waals surface area contributed by atoms with Crippen LogP contribution in [0.3, 0.4) is 0 Å². The van der Waals surface area contributed by atoms with Crippen LogP contribution in [-0.2, 0) is 14.3 Å². The number of hydrogen-bond donors (Lipinski definition) is 2. The zero-order valence-corrected chi connectivity index (χ0v) is 16.6. The molecular weight excluding hydrogens is 388 g/mol. The van der Waals surface area contributed by atoms with E-state index in [-0.39, 0.29) is 12.5 Å². The minimum absolute atomic E-state index is 0.335. The second kappa shape index (κ2) is 9.66. The van der Waals surface area contributed by atoms with E-state index in [0.29, 0.717) is 16.1 Å². The number of benzene rings is 2. The van der Waals surface area contributed by atoms with Gasteiger partial charge in [-0.2, -0.15) is 0 Å². The molecule has 29 heavy (non-hydrogen) atoms. The van der Waals surface area contributed by atoms with Crippen LogP contribution >= 0.6 is 11.3 Å². The molecule has 0 unspecified atom stereocenters. The van der Waals surface area contributed by atoms with Gasteiger partial charge in [0, 0.05) is 11.3 Å². The van der Waals surface area contributed by atoms with Crippen molar-refractivity contribution in [1.29, 1.82) is 0 Å². The molecule has 1 aromatic heterocycles. The summed E-state index contributed by atoms with van der Waals surface area (Å²) in [7, 11) is 0. The van der Waals surface area contributed by atoms with Gasteiger partial charge in [-0.05, 0) is 30.5 Å². The first-order chi connectivity index (χ1) is 14.0. The third-order valence-corrected chi connectivity index (χ3v) is 4.92. The molecule has 0 bridgehead atoms. The normalized spacial score (nSPS) is 11.3. The van der Waals surface area contributed by atoms with E-state index in [1.165, 1.54) is 11.3 Å². The molecule has 0 aliphatic heterocycles. The third-order valence-electron chi connectivity index (χ3n) is 4.05. The van der Waals surface area contributed by atoms with Crippen LogP contribution in [0.25, 0.3) is 0 Å². The predicted octanol–water partition coefficient (Wildman–Crippen LogP) is 3.71. The van der Waals surface area contributed by atoms with E-state index >= 15 is 0 Å². The van der Waals surface area contributed by atoms with E-state index < -0.39 is 18.0 Å². The fraction of sp³-hybridized carbons (Fsp3) is 0.136. The summed E-state index contributed by atoms with van der Waals surface area (Å²) in [6, 6.07) is 19.4. The smallest absolute Gasteiger partial charge is 0.326 e. The van der Waals surface area contributed by atoms with Crippen LogP contribution in [0.2, 0.25) is 0 Å². The molecule has 1 heterocycles. The van der Waals surface area contributed by atoms with Crippen molar-refractivity contribution in [1.82, 2.24) is 5.32 Å². The largest absolute Gasteiger partial charge is 0.446 e. The van der Waals surface area contributed by atoms with Gasteiger partial charge in [0.2, 0.25) is 6.10 Å². The molecule has 0 fully saturated rings. The van der Waals surface area contributed by atoms with Gasteiger partial charge < -0.3 is 15.4 Å². The molecule has 6 nitrogen and oxygen atoms in total. The highest BCUT2D eigenvalue weighted by Crippen LogP contribution is 2.20. The van der Waals surface area contributed by atoms with Crippen molar-refractivity contribution in [3.63, 3.8) is 0 Å². The lowest BCUT2D eigenvalue weighted by Crippen LogP contribution is -2.33. The monoisotopic (exact) mass is 408 g/mol. The van der Waals surface area contributed by atoms with Crippen LogP contribution in [-0.4, -0.2) is 24.3 Å². The summed E-state index contributed by atoms with van der Waals surface area (Å²) in [6.07, 6.45) is -1.14. The van der Waals surface area contributed by atoms with E-state index in [1.807, 2.05) is 25.1 Å². The number of thiophene rings is 1. The number of carbonyl (C=O) groups is 3. The second-order valence-electron chi connectivity index (χ2n) is 6.30. The Hall–Kier alpha value is -3.45. The number of aryl methyl sites for hydroxylation is 1. The van der Waals surface area contributed by atoms with Gasteiger partial charge in [-0.1, -0.05) is 54.1 Å². The highest BCUT2D eigenvalue weighted by Gasteiger charge is 2.25. The van der Waals surface area contributed by atoms with Crippen LogP contribution in [0.1, 0.15) is 26.9 Å². The van der Waals surface area contributed by atoms with Gasteiger partial charge in [0.05, 0.1) is 4.88 Å². The van der Waals surface area contributed by atoms with Crippen molar-refractivity contribution in [3.8, 4) is 0 Å². The quantitative estimate of drug-likeness (QED) is 0.584. The molecule has 0 saturated heterocycles. The van der Waals surface area contributed by atoms with Crippen LogP contribution in [0.15, 0.2) is 72.1 Å². The molecular formula is C22H20N2O4S. The zero-order chi connectivity index (χ0) is 20.6. The molecule has 0 aliphatic rings. The minimum atomic E-state index is -1.14. The lowest BCUT2D eigenvalue weighted by atomic mass is 10.1. The van der Waals surface area contributed by atoms with Gasteiger partial charge in [-0.25, -0.2) is 0 Å². The molecule has 2 N–H and O–H groups in total. The SMILES string of the molecule is Cc1ccc(NC(=O)[C@@H](OC(=O)CNC(=O)c2cccs2)c2ccccc2)cc1. The number of amides is 2. The van der Waals surface area contributed by atoms with Gasteiger partial charge in [0.1, 0.15) is 6.54 Å². The first-order valence-corrected chi connectivity index (χ1v) is 9.84. The summed E-state index contributed by atoms with van der Waals surface area (Å²) in [6.45, 7) is 1.61. The Labute approximate surface area is 172 Å². The van der Waals surface area contributed by atoms with Gasteiger partial charge in [-0.15, -0.1) is 11.3 Å². The molecule has 2 amide bonds. The minimum Gasteiger partial charge on any atom is -0.446 e. The number of anilines is 1. The summed E-state index contributed by atoms with van der Waals surface area (Å²) in [5.74, 6) is -1.54. The number of esters is 1. The van der Waals surface area contributed by atoms with E-state index in [9.17, 15) is 14.4 Å². The van der Waals surface area contributed by atoms with Crippen LogP contribution in [0.4, 0.5) is 5.69 Å². The molecule has 7 heteroatoms. The Morgan fingerprint density at radius 1 is 0.966 bits per heavy atom. The number of ether oxygens (including phenoxy) is 1. The average Bonchev–Trinajstić information content (AvgIpc) is 3.27. The van der Waals surface area contributed by atoms with E-state index in [0.717, 1.165) is 5.56 Å². The van der Waals surface area contributed by atoms with Gasteiger partial charge in [0.25, 0.3) is 11.8 Å². The lowest BCUT2D eigenvalue weighted by molar-refractivity contribution is -0.153. The molecule has 1 atom stereocenters. The first-order valence-electron chi connectivity index (χ1n) is 8.96. The van der Waals surface area contributed by atoms with Gasteiger partial charge in [0.15, 0.2) is 0 Å². The topological polar surface area (TPSA) is 84.5 Å². The maximum absolute atomic E-state index is 12.8. The molecule has 3 aromatic rings. The maximum atomic E-state index is 12.8. The number of hydrogen-bond acceptors (Lipinski definition) is 5. The zero-order valence-electron chi connectivity index (χ0n) is 15.8. The van der Waals surface area contributed by atoms with E-state index in [1.54, 1.807) is 53.9 Å². The summed E-state index contributed by atoms with van der Waals surface area (Å²) >= 11 is 1.27. The fourth-order valence-corrected chi connectivity index (χ4v) is 3.21. The van der Waals surface area contributed by atoms with Crippen molar-refractivity contribution in [3.05, 3.63) is 88.1 Å². The number of carbonyl (C=O) groups excluding carboxylic acids is 3. The highest BCUT2D eigenvalue weighted by molar-refractivity contribution is 7.12. The summed E-state index contributed by atoms with van der Waals surface area (Å²) in [5.41, 5.74) is 2.20. The standard InChI is InChI=1S/C22H20N2O4S/c1-15-9-11-17(12-10-15)24-22(27)20(16-6-3-2-4-7-16)28-19(25)14-23-21(26)18-8-5-13-29-18/h2-13,20H,14H2,1H3,(H,23,26)(H,24,27)/t20-/m0/s1. The van der Waals surface area contributed by atoms with Gasteiger partial charge in [-0.3, -0.25) is 14.4 Å². The third kappa shape index (κ3) is 5.76. The Bertz CT molecular complexity index is 970. The summed E-state index contributed by atoms with van der Waals surface area (Å²) in [4.78, 5) is 37.5. The van der Waals surface area contributed by atoms with E-state index in [2.05, 4.69) is 10.6 Å². The van der Waals surface area contributed by atoms with Crippen molar-refractivity contribution in [2.45, 2.75) is 13.0 Å². The van der Waals surface area contributed by atoms with Crippen molar-refractivity contribution in [2.75, 3.05) is 11.9 Å². The fourth-order valence-electron chi connectivity index (χ4n) is 2.57. The summed E-state index contributed by atoms with van der Waals surface area (Å²) in [5, 5.41) is 7.03. The Kier molecular flexibility index (Phi) is 6.76. The van der Waals surface area contributed by atoms with Crippen LogP contribution in [0, 0.1) is 6.92 Å². The van der Waals surface area contributed by atoms with Crippen LogP contribution in [0.5, 0.6) is 0 Å². The Balaban J connectivity index is 1.66. The first kappa shape index (κ1) is 20.3. The summed E-state index contributed by atoms with van der Waals surface area (Å²) < 4.78 is 5.40. The Morgan fingerprint density at radius 2 is 1.69 bits per heavy atom. The molecule has 148 valence electrons.